The van der Waals surface area contributed by atoms with Crippen LogP contribution in [0.25, 0.3) is 0 Å². The average molecular weight is 454 g/mol. The van der Waals surface area contributed by atoms with E-state index in [1.807, 2.05) is 23.1 Å². The Hall–Kier alpha value is -2.93. The van der Waals surface area contributed by atoms with E-state index >= 15 is 0 Å². The van der Waals surface area contributed by atoms with E-state index in [-0.39, 0.29) is 23.7 Å². The first-order valence-electron chi connectivity index (χ1n) is 11.8. The van der Waals surface area contributed by atoms with Gasteiger partial charge in [0.15, 0.2) is 0 Å². The van der Waals surface area contributed by atoms with E-state index in [1.54, 1.807) is 25.3 Å². The number of ether oxygens (including phenoxy) is 1. The van der Waals surface area contributed by atoms with Gasteiger partial charge in [0, 0.05) is 32.7 Å². The third-order valence-electron chi connectivity index (χ3n) is 6.80. The van der Waals surface area contributed by atoms with Gasteiger partial charge in [-0.1, -0.05) is 37.1 Å². The first kappa shape index (κ1) is 23.2. The molecule has 33 heavy (non-hydrogen) atoms. The van der Waals surface area contributed by atoms with Gasteiger partial charge in [0.25, 0.3) is 5.91 Å². The van der Waals surface area contributed by atoms with Gasteiger partial charge in [-0.2, -0.15) is 0 Å². The number of hydrogen-bond donors (Lipinski definition) is 1. The maximum atomic E-state index is 13.5. The number of carbonyl (C=O) groups excluding carboxylic acids is 2. The lowest BCUT2D eigenvalue weighted by Crippen LogP contribution is -2.57. The predicted octanol–water partition coefficient (Wildman–Crippen LogP) is 3.47. The lowest BCUT2D eigenvalue weighted by atomic mass is 9.94. The van der Waals surface area contributed by atoms with Crippen LogP contribution in [0.4, 0.5) is 4.39 Å². The summed E-state index contributed by atoms with van der Waals surface area (Å²) in [6, 6.07) is 13.4. The molecule has 1 atom stereocenters. The van der Waals surface area contributed by atoms with Gasteiger partial charge >= 0.3 is 0 Å². The molecule has 1 N–H and O–H groups in total. The molecular weight excluding hydrogens is 421 g/mol. The topological polar surface area (TPSA) is 61.9 Å². The summed E-state index contributed by atoms with van der Waals surface area (Å²) in [5, 5.41) is 3.03. The number of methoxy groups -OCH3 is 1. The third-order valence-corrected chi connectivity index (χ3v) is 6.80. The molecule has 1 aliphatic heterocycles. The summed E-state index contributed by atoms with van der Waals surface area (Å²) in [4.78, 5) is 30.4. The molecule has 0 aromatic heterocycles. The molecule has 6 nitrogen and oxygen atoms in total. The number of amides is 2. The first-order chi connectivity index (χ1) is 16.1. The van der Waals surface area contributed by atoms with E-state index in [2.05, 4.69) is 10.2 Å². The van der Waals surface area contributed by atoms with Gasteiger partial charge < -0.3 is 15.0 Å². The number of nitrogens with one attached hydrogen (secondary N) is 1. The number of para-hydroxylation sites is 1. The maximum absolute atomic E-state index is 13.5. The number of hydrogen-bond acceptors (Lipinski definition) is 4. The Morgan fingerprint density at radius 1 is 1.06 bits per heavy atom. The molecule has 4 rings (SSSR count). The minimum atomic E-state index is -0.301. The summed E-state index contributed by atoms with van der Waals surface area (Å²) >= 11 is 0. The van der Waals surface area contributed by atoms with E-state index < -0.39 is 0 Å². The molecule has 0 radical (unpaired) electrons. The number of carbonyl (C=O) groups is 2. The predicted molar refractivity (Wildman–Crippen MR) is 124 cm³/mol. The number of halogens is 1. The van der Waals surface area contributed by atoms with Crippen molar-refractivity contribution in [3.05, 3.63) is 65.5 Å². The number of benzene rings is 2. The second-order valence-electron chi connectivity index (χ2n) is 8.87. The summed E-state index contributed by atoms with van der Waals surface area (Å²) in [5.41, 5.74) is 1.31. The molecule has 0 spiro atoms. The Morgan fingerprint density at radius 3 is 2.48 bits per heavy atom. The zero-order valence-corrected chi connectivity index (χ0v) is 19.1. The van der Waals surface area contributed by atoms with Crippen LogP contribution in [0.1, 0.15) is 41.6 Å². The zero-order chi connectivity index (χ0) is 23.2. The second-order valence-corrected chi connectivity index (χ2v) is 8.87. The van der Waals surface area contributed by atoms with Crippen molar-refractivity contribution in [1.82, 2.24) is 15.1 Å². The molecule has 176 valence electrons. The molecule has 2 aromatic carbocycles. The van der Waals surface area contributed by atoms with E-state index in [9.17, 15) is 14.0 Å². The van der Waals surface area contributed by atoms with E-state index in [1.165, 1.54) is 12.1 Å². The molecule has 2 amide bonds. The lowest BCUT2D eigenvalue weighted by molar-refractivity contribution is -0.129. The smallest absolute Gasteiger partial charge is 0.257 e. The minimum absolute atomic E-state index is 0.00401. The minimum Gasteiger partial charge on any atom is -0.496 e. The van der Waals surface area contributed by atoms with Crippen LogP contribution in [-0.4, -0.2) is 60.9 Å². The Balaban J connectivity index is 1.40. The van der Waals surface area contributed by atoms with Crippen molar-refractivity contribution < 1.29 is 18.7 Å². The summed E-state index contributed by atoms with van der Waals surface area (Å²) < 4.78 is 18.8. The molecular formula is C26H32FN3O3. The van der Waals surface area contributed by atoms with E-state index in [4.69, 9.17) is 4.74 Å². The summed E-state index contributed by atoms with van der Waals surface area (Å²) in [5.74, 6) is 0.542. The summed E-state index contributed by atoms with van der Waals surface area (Å²) in [6.07, 6.45) is 4.37. The average Bonchev–Trinajstić information content (AvgIpc) is 3.37. The van der Waals surface area contributed by atoms with Gasteiger partial charge in [0.2, 0.25) is 5.91 Å². The maximum Gasteiger partial charge on any atom is 0.257 e. The monoisotopic (exact) mass is 453 g/mol. The fourth-order valence-corrected chi connectivity index (χ4v) is 5.09. The Kier molecular flexibility index (Phi) is 7.60. The van der Waals surface area contributed by atoms with E-state index in [0.29, 0.717) is 50.0 Å². The van der Waals surface area contributed by atoms with Crippen LogP contribution >= 0.6 is 0 Å². The van der Waals surface area contributed by atoms with Gasteiger partial charge in [-0.15, -0.1) is 0 Å². The number of rotatable bonds is 7. The van der Waals surface area contributed by atoms with Crippen molar-refractivity contribution in [3.8, 4) is 5.75 Å². The molecule has 7 heteroatoms. The standard InChI is InChI=1S/C26H32FN3O3/c1-33-23-12-5-4-11-22(23)26(32)30-15-13-29(14-16-30)24(20-8-2-3-9-20)25(31)28-18-19-7-6-10-21(27)17-19/h4-7,10-12,17,20,24H,2-3,8-9,13-16,18H2,1H3,(H,28,31). The fraction of sp³-hybridized carbons (Fsp3) is 0.462. The summed E-state index contributed by atoms with van der Waals surface area (Å²) in [7, 11) is 1.57. The van der Waals surface area contributed by atoms with Crippen molar-refractivity contribution >= 4 is 11.8 Å². The highest BCUT2D eigenvalue weighted by Crippen LogP contribution is 2.31. The van der Waals surface area contributed by atoms with Crippen LogP contribution in [0, 0.1) is 11.7 Å². The normalized spacial score (nSPS) is 18.2. The van der Waals surface area contributed by atoms with Crippen molar-refractivity contribution in [3.63, 3.8) is 0 Å². The van der Waals surface area contributed by atoms with Gasteiger partial charge in [-0.25, -0.2) is 4.39 Å². The van der Waals surface area contributed by atoms with Crippen LogP contribution in [0.2, 0.25) is 0 Å². The van der Waals surface area contributed by atoms with Crippen LogP contribution in [-0.2, 0) is 11.3 Å². The van der Waals surface area contributed by atoms with Crippen LogP contribution in [0.15, 0.2) is 48.5 Å². The van der Waals surface area contributed by atoms with Gasteiger partial charge in [-0.3, -0.25) is 14.5 Å². The Morgan fingerprint density at radius 2 is 1.79 bits per heavy atom. The van der Waals surface area contributed by atoms with Crippen LogP contribution in [0.3, 0.4) is 0 Å². The zero-order valence-electron chi connectivity index (χ0n) is 19.1. The largest absolute Gasteiger partial charge is 0.496 e. The van der Waals surface area contributed by atoms with Crippen molar-refractivity contribution in [2.45, 2.75) is 38.3 Å². The molecule has 1 unspecified atom stereocenters. The van der Waals surface area contributed by atoms with Crippen molar-refractivity contribution in [2.75, 3.05) is 33.3 Å². The SMILES string of the molecule is COc1ccccc1C(=O)N1CCN(C(C(=O)NCc2cccc(F)c2)C2CCCC2)CC1. The van der Waals surface area contributed by atoms with Gasteiger partial charge in [0.05, 0.1) is 18.7 Å². The first-order valence-corrected chi connectivity index (χ1v) is 11.8. The Labute approximate surface area is 194 Å². The highest BCUT2D eigenvalue weighted by Gasteiger charge is 2.37. The molecule has 1 saturated carbocycles. The van der Waals surface area contributed by atoms with Crippen LogP contribution < -0.4 is 10.1 Å². The molecule has 2 fully saturated rings. The third kappa shape index (κ3) is 5.53. The molecule has 2 aliphatic rings. The molecule has 1 heterocycles. The highest BCUT2D eigenvalue weighted by molar-refractivity contribution is 5.97. The van der Waals surface area contributed by atoms with Crippen LogP contribution in [0.5, 0.6) is 5.75 Å². The number of piperazine rings is 1. The summed E-state index contributed by atoms with van der Waals surface area (Å²) in [6.45, 7) is 2.74. The van der Waals surface area contributed by atoms with E-state index in [0.717, 1.165) is 31.2 Å². The Bertz CT molecular complexity index is 969. The van der Waals surface area contributed by atoms with Gasteiger partial charge in [-0.05, 0) is 48.6 Å². The molecule has 1 saturated heterocycles. The van der Waals surface area contributed by atoms with Crippen molar-refractivity contribution in [2.24, 2.45) is 5.92 Å². The second kappa shape index (κ2) is 10.8. The fourth-order valence-electron chi connectivity index (χ4n) is 5.09. The number of nitrogens with zero attached hydrogens (tertiary/aromatic N) is 2. The van der Waals surface area contributed by atoms with Gasteiger partial charge in [0.1, 0.15) is 11.6 Å². The molecule has 0 bridgehead atoms. The molecule has 1 aliphatic carbocycles. The lowest BCUT2D eigenvalue weighted by Gasteiger charge is -2.40. The quantitative estimate of drug-likeness (QED) is 0.698. The van der Waals surface area contributed by atoms with Crippen molar-refractivity contribution in [1.29, 1.82) is 0 Å². The highest BCUT2D eigenvalue weighted by atomic mass is 19.1. The molecule has 2 aromatic rings.